The summed E-state index contributed by atoms with van der Waals surface area (Å²) in [4.78, 5) is 23.4. The van der Waals surface area contributed by atoms with Gasteiger partial charge >= 0.3 is 0 Å². The summed E-state index contributed by atoms with van der Waals surface area (Å²) in [5.74, 6) is -0.590. The molecule has 0 aliphatic heterocycles. The lowest BCUT2D eigenvalue weighted by atomic mass is 10.2. The lowest BCUT2D eigenvalue weighted by Gasteiger charge is -2.06. The fraction of sp³-hybridized carbons (Fsp3) is 0.0588. The Bertz CT molecular complexity index is 684. The van der Waals surface area contributed by atoms with E-state index in [-0.39, 0.29) is 18.4 Å². The Morgan fingerprint density at radius 2 is 1.82 bits per heavy atom. The lowest BCUT2D eigenvalue weighted by Crippen LogP contribution is -2.31. The second-order valence-electron chi connectivity index (χ2n) is 4.52. The van der Waals surface area contributed by atoms with Gasteiger partial charge in [-0.1, -0.05) is 52.3 Å². The molecule has 22 heavy (non-hydrogen) atoms. The van der Waals surface area contributed by atoms with Crippen molar-refractivity contribution in [2.45, 2.75) is 0 Å². The first kappa shape index (κ1) is 16.0. The Balaban J connectivity index is 1.78. The molecule has 5 heteroatoms. The van der Waals surface area contributed by atoms with Gasteiger partial charge < -0.3 is 10.6 Å². The van der Waals surface area contributed by atoms with Crippen LogP contribution in [0.2, 0.25) is 0 Å². The van der Waals surface area contributed by atoms with Crippen LogP contribution in [0.1, 0.15) is 5.56 Å². The summed E-state index contributed by atoms with van der Waals surface area (Å²) in [7, 11) is 0. The molecule has 0 saturated heterocycles. The first-order valence-corrected chi connectivity index (χ1v) is 7.49. The van der Waals surface area contributed by atoms with Gasteiger partial charge in [0.2, 0.25) is 11.8 Å². The number of nitrogens with one attached hydrogen (secondary N) is 2. The number of halogens is 1. The number of benzene rings is 2. The molecule has 4 nitrogen and oxygen atoms in total. The summed E-state index contributed by atoms with van der Waals surface area (Å²) >= 11 is 3.33. The minimum absolute atomic E-state index is 0.0789. The highest BCUT2D eigenvalue weighted by Crippen LogP contribution is 2.15. The molecule has 0 radical (unpaired) electrons. The Morgan fingerprint density at radius 3 is 2.55 bits per heavy atom. The quantitative estimate of drug-likeness (QED) is 0.806. The number of amides is 2. The maximum atomic E-state index is 11.7. The molecule has 2 N–H and O–H groups in total. The molecule has 0 atom stereocenters. The normalized spacial score (nSPS) is 10.4. The van der Waals surface area contributed by atoms with Gasteiger partial charge in [0.1, 0.15) is 0 Å². The number of carbonyl (C=O) groups is 2. The van der Waals surface area contributed by atoms with Gasteiger partial charge in [0.25, 0.3) is 0 Å². The zero-order valence-electron chi connectivity index (χ0n) is 11.8. The number of hydrogen-bond donors (Lipinski definition) is 2. The topological polar surface area (TPSA) is 58.2 Å². The van der Waals surface area contributed by atoms with E-state index >= 15 is 0 Å². The van der Waals surface area contributed by atoms with Crippen molar-refractivity contribution in [2.75, 3.05) is 11.9 Å². The van der Waals surface area contributed by atoms with Crippen molar-refractivity contribution < 1.29 is 9.59 Å². The van der Waals surface area contributed by atoms with E-state index in [1.54, 1.807) is 18.2 Å². The third-order valence-electron chi connectivity index (χ3n) is 2.76. The smallest absolute Gasteiger partial charge is 0.244 e. The molecule has 0 saturated carbocycles. The molecule has 0 aliphatic carbocycles. The minimum atomic E-state index is -0.312. The molecule has 0 aromatic heterocycles. The van der Waals surface area contributed by atoms with E-state index in [1.807, 2.05) is 42.5 Å². The number of hydrogen-bond acceptors (Lipinski definition) is 2. The van der Waals surface area contributed by atoms with Gasteiger partial charge in [0.15, 0.2) is 0 Å². The summed E-state index contributed by atoms with van der Waals surface area (Å²) in [5.41, 5.74) is 1.60. The summed E-state index contributed by atoms with van der Waals surface area (Å²) in [5, 5.41) is 5.24. The van der Waals surface area contributed by atoms with E-state index in [1.165, 1.54) is 6.08 Å². The van der Waals surface area contributed by atoms with Crippen molar-refractivity contribution in [3.05, 3.63) is 70.7 Å². The number of carbonyl (C=O) groups excluding carboxylic acids is 2. The summed E-state index contributed by atoms with van der Waals surface area (Å²) in [6.45, 7) is -0.0789. The Kier molecular flexibility index (Phi) is 5.91. The molecule has 2 amide bonds. The van der Waals surface area contributed by atoms with Gasteiger partial charge in [-0.3, -0.25) is 9.59 Å². The summed E-state index contributed by atoms with van der Waals surface area (Å²) in [6, 6.07) is 16.7. The van der Waals surface area contributed by atoms with E-state index in [9.17, 15) is 9.59 Å². The fourth-order valence-electron chi connectivity index (χ4n) is 1.73. The van der Waals surface area contributed by atoms with Gasteiger partial charge in [-0.25, -0.2) is 0 Å². The maximum Gasteiger partial charge on any atom is 0.244 e. The van der Waals surface area contributed by atoms with Gasteiger partial charge in [-0.2, -0.15) is 0 Å². The first-order valence-electron chi connectivity index (χ1n) is 6.70. The van der Waals surface area contributed by atoms with E-state index in [2.05, 4.69) is 26.6 Å². The maximum absolute atomic E-state index is 11.7. The van der Waals surface area contributed by atoms with Crippen LogP contribution in [0.4, 0.5) is 5.69 Å². The van der Waals surface area contributed by atoms with Crippen LogP contribution in [-0.4, -0.2) is 18.4 Å². The standard InChI is InChI=1S/C17H15BrN2O2/c18-14-7-4-8-15(11-14)20-17(22)12-19-16(21)10-9-13-5-2-1-3-6-13/h1-11H,12H2,(H,19,21)(H,20,22)/b10-9+. The first-order chi connectivity index (χ1) is 10.6. The number of rotatable bonds is 5. The molecule has 0 spiro atoms. The van der Waals surface area contributed by atoms with Crippen LogP contribution in [0.3, 0.4) is 0 Å². The second-order valence-corrected chi connectivity index (χ2v) is 5.44. The molecule has 0 heterocycles. The van der Waals surface area contributed by atoms with Crippen LogP contribution in [0.5, 0.6) is 0 Å². The monoisotopic (exact) mass is 358 g/mol. The third-order valence-corrected chi connectivity index (χ3v) is 3.25. The molecule has 2 aromatic carbocycles. The van der Waals surface area contributed by atoms with Crippen LogP contribution in [0, 0.1) is 0 Å². The average molecular weight is 359 g/mol. The van der Waals surface area contributed by atoms with Crippen molar-refractivity contribution in [1.29, 1.82) is 0 Å². The Morgan fingerprint density at radius 1 is 1.05 bits per heavy atom. The zero-order chi connectivity index (χ0) is 15.8. The van der Waals surface area contributed by atoms with E-state index in [4.69, 9.17) is 0 Å². The van der Waals surface area contributed by atoms with Crippen LogP contribution < -0.4 is 10.6 Å². The molecule has 0 aliphatic rings. The minimum Gasteiger partial charge on any atom is -0.343 e. The van der Waals surface area contributed by atoms with E-state index in [0.29, 0.717) is 5.69 Å². The summed E-state index contributed by atoms with van der Waals surface area (Å²) < 4.78 is 0.875. The van der Waals surface area contributed by atoms with Crippen LogP contribution in [0.25, 0.3) is 6.08 Å². The highest BCUT2D eigenvalue weighted by Gasteiger charge is 2.04. The molecule has 0 bridgehead atoms. The van der Waals surface area contributed by atoms with Crippen LogP contribution >= 0.6 is 15.9 Å². The van der Waals surface area contributed by atoms with Crippen molar-refractivity contribution in [3.63, 3.8) is 0 Å². The van der Waals surface area contributed by atoms with Crippen molar-refractivity contribution in [3.8, 4) is 0 Å². The molecule has 2 aromatic rings. The highest BCUT2D eigenvalue weighted by molar-refractivity contribution is 9.10. The fourth-order valence-corrected chi connectivity index (χ4v) is 2.13. The molecule has 112 valence electrons. The zero-order valence-corrected chi connectivity index (χ0v) is 13.3. The average Bonchev–Trinajstić information content (AvgIpc) is 2.52. The van der Waals surface area contributed by atoms with Crippen LogP contribution in [0.15, 0.2) is 65.1 Å². The van der Waals surface area contributed by atoms with Gasteiger partial charge in [0.05, 0.1) is 6.54 Å². The molecule has 0 unspecified atom stereocenters. The van der Waals surface area contributed by atoms with Crippen molar-refractivity contribution in [2.24, 2.45) is 0 Å². The summed E-state index contributed by atoms with van der Waals surface area (Å²) in [6.07, 6.45) is 3.10. The predicted molar refractivity (Wildman–Crippen MR) is 91.3 cm³/mol. The number of anilines is 1. The Hall–Kier alpha value is -2.40. The largest absolute Gasteiger partial charge is 0.343 e. The van der Waals surface area contributed by atoms with E-state index < -0.39 is 0 Å². The van der Waals surface area contributed by atoms with Gasteiger partial charge in [-0.05, 0) is 29.8 Å². The molecule has 0 fully saturated rings. The van der Waals surface area contributed by atoms with Crippen molar-refractivity contribution in [1.82, 2.24) is 5.32 Å². The SMILES string of the molecule is O=C(/C=C/c1ccccc1)NCC(=O)Nc1cccc(Br)c1. The molecular formula is C17H15BrN2O2. The lowest BCUT2D eigenvalue weighted by molar-refractivity contribution is -0.121. The van der Waals surface area contributed by atoms with E-state index in [0.717, 1.165) is 10.0 Å². The predicted octanol–water partition coefficient (Wildman–Crippen LogP) is 3.22. The second kappa shape index (κ2) is 8.14. The van der Waals surface area contributed by atoms with Crippen molar-refractivity contribution >= 4 is 39.5 Å². The van der Waals surface area contributed by atoms with Gasteiger partial charge in [-0.15, -0.1) is 0 Å². The highest BCUT2D eigenvalue weighted by atomic mass is 79.9. The third kappa shape index (κ3) is 5.54. The Labute approximate surface area is 137 Å². The molecular weight excluding hydrogens is 344 g/mol. The van der Waals surface area contributed by atoms with Crippen LogP contribution in [-0.2, 0) is 9.59 Å². The van der Waals surface area contributed by atoms with Gasteiger partial charge in [0, 0.05) is 16.2 Å². The molecule has 2 rings (SSSR count).